The van der Waals surface area contributed by atoms with Crippen molar-refractivity contribution in [2.24, 2.45) is 0 Å². The van der Waals surface area contributed by atoms with Gasteiger partial charge in [0.1, 0.15) is 11.4 Å². The molecule has 0 saturated carbocycles. The van der Waals surface area contributed by atoms with Crippen molar-refractivity contribution in [3.8, 4) is 5.75 Å². The van der Waals surface area contributed by atoms with Gasteiger partial charge in [-0.25, -0.2) is 4.98 Å². The van der Waals surface area contributed by atoms with Crippen LogP contribution in [-0.4, -0.2) is 17.9 Å². The molecule has 0 amide bonds. The van der Waals surface area contributed by atoms with Gasteiger partial charge >= 0.3 is 0 Å². The van der Waals surface area contributed by atoms with E-state index < -0.39 is 0 Å². The summed E-state index contributed by atoms with van der Waals surface area (Å²) in [5.41, 5.74) is 0.413. The number of hydrogen-bond acceptors (Lipinski definition) is 3. The minimum absolute atomic E-state index is 0.413. The van der Waals surface area contributed by atoms with Gasteiger partial charge in [-0.1, -0.05) is 6.08 Å². The van der Waals surface area contributed by atoms with Crippen molar-refractivity contribution in [2.75, 3.05) is 6.61 Å². The van der Waals surface area contributed by atoms with Crippen LogP contribution < -0.4 is 4.74 Å². The second kappa shape index (κ2) is 5.09. The molecule has 0 atom stereocenters. The normalized spacial score (nSPS) is 9.23. The Labute approximate surface area is 77.1 Å². The summed E-state index contributed by atoms with van der Waals surface area (Å²) in [7, 11) is 0. The molecule has 0 fully saturated rings. The summed E-state index contributed by atoms with van der Waals surface area (Å²) in [6, 6.07) is 3.34. The average Bonchev–Trinajstić information content (AvgIpc) is 2.19. The molecule has 0 aromatic carbocycles. The molecule has 68 valence electrons. The lowest BCUT2D eigenvalue weighted by molar-refractivity contribution is 0.111. The number of aldehydes is 1. The van der Waals surface area contributed by atoms with E-state index >= 15 is 0 Å². The molecule has 0 unspecified atom stereocenters. The van der Waals surface area contributed by atoms with Crippen LogP contribution in [-0.2, 0) is 0 Å². The molecule has 3 nitrogen and oxygen atoms in total. The minimum atomic E-state index is 0.413. The number of hydrogen-bond donors (Lipinski definition) is 0. The quantitative estimate of drug-likeness (QED) is 0.391. The smallest absolute Gasteiger partial charge is 0.168 e. The minimum Gasteiger partial charge on any atom is -0.492 e. The van der Waals surface area contributed by atoms with E-state index in [9.17, 15) is 4.79 Å². The second-order valence-electron chi connectivity index (χ2n) is 2.46. The third kappa shape index (κ3) is 3.07. The van der Waals surface area contributed by atoms with Crippen molar-refractivity contribution >= 4 is 6.29 Å². The van der Waals surface area contributed by atoms with E-state index in [2.05, 4.69) is 11.6 Å². The van der Waals surface area contributed by atoms with Gasteiger partial charge in [-0.15, -0.1) is 6.58 Å². The van der Waals surface area contributed by atoms with Crippen molar-refractivity contribution in [2.45, 2.75) is 6.42 Å². The molecule has 0 saturated heterocycles. The van der Waals surface area contributed by atoms with Crippen LogP contribution in [0.5, 0.6) is 5.75 Å². The van der Waals surface area contributed by atoms with Crippen LogP contribution in [0.1, 0.15) is 16.9 Å². The van der Waals surface area contributed by atoms with Gasteiger partial charge in [0.05, 0.1) is 12.8 Å². The zero-order valence-corrected chi connectivity index (χ0v) is 7.27. The molecule has 0 aliphatic carbocycles. The highest BCUT2D eigenvalue weighted by Crippen LogP contribution is 2.08. The number of aromatic nitrogens is 1. The Balaban J connectivity index is 2.48. The van der Waals surface area contributed by atoms with Crippen LogP contribution >= 0.6 is 0 Å². The maximum atomic E-state index is 10.3. The van der Waals surface area contributed by atoms with Crippen molar-refractivity contribution in [1.82, 2.24) is 4.98 Å². The molecule has 3 heteroatoms. The fraction of sp³-hybridized carbons (Fsp3) is 0.200. The Hall–Kier alpha value is -1.64. The highest BCUT2D eigenvalue weighted by molar-refractivity contribution is 5.71. The highest BCUT2D eigenvalue weighted by atomic mass is 16.5. The lowest BCUT2D eigenvalue weighted by atomic mass is 10.3. The monoisotopic (exact) mass is 177 g/mol. The van der Waals surface area contributed by atoms with Crippen LogP contribution in [0.2, 0.25) is 0 Å². The molecule has 0 spiro atoms. The van der Waals surface area contributed by atoms with Crippen LogP contribution in [0.3, 0.4) is 0 Å². The summed E-state index contributed by atoms with van der Waals surface area (Å²) in [4.78, 5) is 14.1. The van der Waals surface area contributed by atoms with E-state index in [1.807, 2.05) is 0 Å². The standard InChI is InChI=1S/C10H11NO2/c1-2-3-6-13-10-5-4-9(8-12)11-7-10/h2,4-5,7-8H,1,3,6H2. The molecule has 1 aromatic rings. The third-order valence-corrected chi connectivity index (χ3v) is 1.47. The molecule has 0 N–H and O–H groups in total. The molecule has 1 rings (SSSR count). The van der Waals surface area contributed by atoms with Gasteiger partial charge in [0.25, 0.3) is 0 Å². The van der Waals surface area contributed by atoms with E-state index in [1.165, 1.54) is 6.20 Å². The third-order valence-electron chi connectivity index (χ3n) is 1.47. The number of rotatable bonds is 5. The molecule has 13 heavy (non-hydrogen) atoms. The Morgan fingerprint density at radius 2 is 2.38 bits per heavy atom. The fourth-order valence-corrected chi connectivity index (χ4v) is 0.807. The summed E-state index contributed by atoms with van der Waals surface area (Å²) in [5.74, 6) is 0.674. The van der Waals surface area contributed by atoms with Crippen LogP contribution in [0.25, 0.3) is 0 Å². The maximum absolute atomic E-state index is 10.3. The maximum Gasteiger partial charge on any atom is 0.168 e. The Morgan fingerprint density at radius 3 is 2.92 bits per heavy atom. The first-order valence-corrected chi connectivity index (χ1v) is 4.01. The SMILES string of the molecule is C=CCCOc1ccc(C=O)nc1. The summed E-state index contributed by atoms with van der Waals surface area (Å²) in [6.07, 6.45) is 4.82. The van der Waals surface area contributed by atoms with Crippen LogP contribution in [0.4, 0.5) is 0 Å². The van der Waals surface area contributed by atoms with Gasteiger partial charge in [-0.05, 0) is 18.6 Å². The molecule has 0 bridgehead atoms. The number of carbonyl (C=O) groups excluding carboxylic acids is 1. The van der Waals surface area contributed by atoms with Crippen LogP contribution in [0.15, 0.2) is 31.0 Å². The van der Waals surface area contributed by atoms with E-state index in [0.717, 1.165) is 6.42 Å². The first-order chi connectivity index (χ1) is 6.36. The summed E-state index contributed by atoms with van der Waals surface area (Å²) >= 11 is 0. The number of nitrogens with zero attached hydrogens (tertiary/aromatic N) is 1. The second-order valence-corrected chi connectivity index (χ2v) is 2.46. The molecular weight excluding hydrogens is 166 g/mol. The van der Waals surface area contributed by atoms with Crippen molar-refractivity contribution in [3.63, 3.8) is 0 Å². The zero-order valence-electron chi connectivity index (χ0n) is 7.27. The first-order valence-electron chi connectivity index (χ1n) is 4.01. The van der Waals surface area contributed by atoms with Gasteiger partial charge < -0.3 is 4.74 Å². The van der Waals surface area contributed by atoms with E-state index in [1.54, 1.807) is 18.2 Å². The lowest BCUT2D eigenvalue weighted by Gasteiger charge is -2.02. The number of ether oxygens (including phenoxy) is 1. The largest absolute Gasteiger partial charge is 0.492 e. The van der Waals surface area contributed by atoms with E-state index in [-0.39, 0.29) is 0 Å². The van der Waals surface area contributed by atoms with Gasteiger partial charge in [-0.3, -0.25) is 4.79 Å². The van der Waals surface area contributed by atoms with Gasteiger partial charge in [0.15, 0.2) is 6.29 Å². The summed E-state index contributed by atoms with van der Waals surface area (Å²) < 4.78 is 5.30. The first kappa shape index (κ1) is 9.45. The Kier molecular flexibility index (Phi) is 3.70. The fourth-order valence-electron chi connectivity index (χ4n) is 0.807. The molecule has 0 aliphatic heterocycles. The summed E-state index contributed by atoms with van der Waals surface area (Å²) in [6.45, 7) is 4.17. The number of carbonyl (C=O) groups is 1. The van der Waals surface area contributed by atoms with Gasteiger partial charge in [0.2, 0.25) is 0 Å². The average molecular weight is 177 g/mol. The lowest BCUT2D eigenvalue weighted by Crippen LogP contribution is -1.96. The van der Waals surface area contributed by atoms with Crippen molar-refractivity contribution in [3.05, 3.63) is 36.7 Å². The van der Waals surface area contributed by atoms with E-state index in [4.69, 9.17) is 4.74 Å². The van der Waals surface area contributed by atoms with Crippen LogP contribution in [0, 0.1) is 0 Å². The molecular formula is C10H11NO2. The van der Waals surface area contributed by atoms with Crippen molar-refractivity contribution < 1.29 is 9.53 Å². The highest BCUT2D eigenvalue weighted by Gasteiger charge is 1.94. The molecule has 0 aliphatic rings. The van der Waals surface area contributed by atoms with E-state index in [0.29, 0.717) is 24.3 Å². The summed E-state index contributed by atoms with van der Waals surface area (Å²) in [5, 5.41) is 0. The molecule has 0 radical (unpaired) electrons. The molecule has 1 aromatic heterocycles. The predicted molar refractivity (Wildman–Crippen MR) is 49.9 cm³/mol. The predicted octanol–water partition coefficient (Wildman–Crippen LogP) is 1.85. The van der Waals surface area contributed by atoms with Gasteiger partial charge in [-0.2, -0.15) is 0 Å². The zero-order chi connectivity index (χ0) is 9.52. The molecule has 1 heterocycles. The van der Waals surface area contributed by atoms with Crippen molar-refractivity contribution in [1.29, 1.82) is 0 Å². The number of pyridine rings is 1. The topological polar surface area (TPSA) is 39.2 Å². The van der Waals surface area contributed by atoms with Gasteiger partial charge in [0, 0.05) is 0 Å². The Morgan fingerprint density at radius 1 is 1.54 bits per heavy atom. The Bertz CT molecular complexity index is 279.